The molecule has 0 amide bonds. The van der Waals surface area contributed by atoms with Gasteiger partial charge >= 0.3 is 5.97 Å². The summed E-state index contributed by atoms with van der Waals surface area (Å²) >= 11 is 0. The Bertz CT molecular complexity index is 979. The fourth-order valence-electron chi connectivity index (χ4n) is 8.26. The second-order valence-corrected chi connectivity index (χ2v) is 11.5. The first-order valence-electron chi connectivity index (χ1n) is 12.0. The van der Waals surface area contributed by atoms with Crippen molar-refractivity contribution in [2.45, 2.75) is 70.9 Å². The molecule has 0 aromatic heterocycles. The van der Waals surface area contributed by atoms with Crippen molar-refractivity contribution in [1.82, 2.24) is 0 Å². The van der Waals surface area contributed by atoms with E-state index in [4.69, 9.17) is 14.2 Å². The lowest BCUT2D eigenvalue weighted by molar-refractivity contribution is -0.316. The highest BCUT2D eigenvalue weighted by atomic mass is 16.7. The van der Waals surface area contributed by atoms with Gasteiger partial charge < -0.3 is 19.3 Å². The molecule has 0 bridgehead atoms. The number of fused-ring (bicyclic) bond motifs is 6. The number of aliphatic hydroxyl groups is 1. The third-order valence-corrected chi connectivity index (χ3v) is 9.57. The lowest BCUT2D eigenvalue weighted by atomic mass is 9.44. The molecule has 33 heavy (non-hydrogen) atoms. The number of carbonyl (C=O) groups is 3. The number of Topliss-reactive ketones (excluding diaryl/α,β-unsaturated/α-hetero) is 1. The molecule has 0 unspecified atom stereocenters. The summed E-state index contributed by atoms with van der Waals surface area (Å²) < 4.78 is 17.2. The van der Waals surface area contributed by atoms with Crippen LogP contribution >= 0.6 is 0 Å². The molecule has 0 aromatic rings. The van der Waals surface area contributed by atoms with Crippen molar-refractivity contribution >= 4 is 17.5 Å². The summed E-state index contributed by atoms with van der Waals surface area (Å²) in [6.45, 7) is 7.75. The minimum Gasteiger partial charge on any atom is -0.469 e. The molecular formula is C26H34O7. The van der Waals surface area contributed by atoms with Crippen LogP contribution in [0.5, 0.6) is 0 Å². The van der Waals surface area contributed by atoms with Crippen molar-refractivity contribution in [3.05, 3.63) is 23.8 Å². The van der Waals surface area contributed by atoms with Crippen LogP contribution in [0.1, 0.15) is 53.4 Å². The molecule has 5 rings (SSSR count). The minimum atomic E-state index is -1.01. The van der Waals surface area contributed by atoms with Crippen LogP contribution in [0, 0.1) is 34.5 Å². The van der Waals surface area contributed by atoms with Crippen LogP contribution < -0.4 is 0 Å². The Morgan fingerprint density at radius 2 is 1.94 bits per heavy atom. The highest BCUT2D eigenvalue weighted by Crippen LogP contribution is 2.69. The Morgan fingerprint density at radius 3 is 2.64 bits per heavy atom. The molecule has 180 valence electrons. The molecule has 3 saturated carbocycles. The highest BCUT2D eigenvalue weighted by molar-refractivity contribution is 6.02. The van der Waals surface area contributed by atoms with E-state index < -0.39 is 34.2 Å². The number of rotatable bonds is 1. The maximum Gasteiger partial charge on any atom is 0.312 e. The molecule has 0 aromatic carbocycles. The maximum absolute atomic E-state index is 13.3. The zero-order valence-electron chi connectivity index (χ0n) is 20.1. The summed E-state index contributed by atoms with van der Waals surface area (Å²) in [6.07, 6.45) is 6.53. The largest absolute Gasteiger partial charge is 0.469 e. The topological polar surface area (TPSA) is 99.1 Å². The Kier molecular flexibility index (Phi) is 4.93. The molecule has 8 atom stereocenters. The van der Waals surface area contributed by atoms with Gasteiger partial charge in [0.1, 0.15) is 12.2 Å². The number of esters is 1. The van der Waals surface area contributed by atoms with Gasteiger partial charge in [0.15, 0.2) is 17.4 Å². The van der Waals surface area contributed by atoms with E-state index >= 15 is 0 Å². The average molecular weight is 459 g/mol. The van der Waals surface area contributed by atoms with Crippen molar-refractivity contribution in [3.63, 3.8) is 0 Å². The minimum absolute atomic E-state index is 0.000261. The number of carbonyl (C=O) groups excluding carboxylic acids is 3. The Hall–Kier alpha value is -1.83. The Balaban J connectivity index is 1.61. The molecule has 4 fully saturated rings. The highest BCUT2D eigenvalue weighted by Gasteiger charge is 2.71. The summed E-state index contributed by atoms with van der Waals surface area (Å²) in [6, 6.07) is 0. The number of hydrogen-bond acceptors (Lipinski definition) is 7. The summed E-state index contributed by atoms with van der Waals surface area (Å²) in [5.74, 6) is -2.11. The van der Waals surface area contributed by atoms with Gasteiger partial charge in [-0.05, 0) is 69.1 Å². The summed E-state index contributed by atoms with van der Waals surface area (Å²) in [4.78, 5) is 38.4. The molecular weight excluding hydrogens is 424 g/mol. The number of hydrogen-bond donors (Lipinski definition) is 1. The Labute approximate surface area is 194 Å². The molecule has 1 spiro atoms. The fraction of sp³-hybridized carbons (Fsp3) is 0.731. The summed E-state index contributed by atoms with van der Waals surface area (Å²) in [5.41, 5.74) is -1.50. The van der Waals surface area contributed by atoms with Gasteiger partial charge in [-0.2, -0.15) is 0 Å². The van der Waals surface area contributed by atoms with E-state index in [-0.39, 0.29) is 41.9 Å². The van der Waals surface area contributed by atoms with Crippen LogP contribution in [0.2, 0.25) is 0 Å². The smallest absolute Gasteiger partial charge is 0.312 e. The van der Waals surface area contributed by atoms with Crippen molar-refractivity contribution in [3.8, 4) is 0 Å². The second-order valence-electron chi connectivity index (χ2n) is 11.5. The average Bonchev–Trinajstić information content (AvgIpc) is 3.02. The predicted molar refractivity (Wildman–Crippen MR) is 118 cm³/mol. The number of allylic oxidation sites excluding steroid dienone is 3. The molecule has 4 aliphatic carbocycles. The lowest BCUT2D eigenvalue weighted by Crippen LogP contribution is -2.66. The van der Waals surface area contributed by atoms with Gasteiger partial charge in [0.05, 0.1) is 19.1 Å². The van der Waals surface area contributed by atoms with Crippen molar-refractivity contribution in [1.29, 1.82) is 0 Å². The van der Waals surface area contributed by atoms with E-state index in [2.05, 4.69) is 6.92 Å². The molecule has 0 radical (unpaired) electrons. The van der Waals surface area contributed by atoms with Gasteiger partial charge in [-0.25, -0.2) is 0 Å². The standard InChI is InChI=1S/C26H34O7/c1-23(2)32-13-20(29)26(33-23)9-7-17-15-11-16(22(30)31-5)18-10-14(27)6-8-24(18,3)21(15)19(28)12-25(17,26)4/h6,8,10,15-17,19,21,28H,7,9,11-13H2,1-5H3/t15-,16-,17-,19-,21+,24-,25-,26-/m0/s1. The van der Waals surface area contributed by atoms with Crippen LogP contribution in [0.4, 0.5) is 0 Å². The van der Waals surface area contributed by atoms with Crippen LogP contribution in [-0.2, 0) is 28.6 Å². The molecule has 7 nitrogen and oxygen atoms in total. The third kappa shape index (κ3) is 2.94. The van der Waals surface area contributed by atoms with Gasteiger partial charge in [0.25, 0.3) is 0 Å². The maximum atomic E-state index is 13.3. The van der Waals surface area contributed by atoms with E-state index in [1.807, 2.05) is 26.8 Å². The second kappa shape index (κ2) is 7.09. The summed E-state index contributed by atoms with van der Waals surface area (Å²) in [7, 11) is 1.37. The van der Waals surface area contributed by atoms with Crippen molar-refractivity contribution in [2.24, 2.45) is 34.5 Å². The van der Waals surface area contributed by atoms with E-state index in [1.165, 1.54) is 7.11 Å². The monoisotopic (exact) mass is 458 g/mol. The number of methoxy groups -OCH3 is 1. The van der Waals surface area contributed by atoms with Gasteiger partial charge in [-0.1, -0.05) is 19.9 Å². The van der Waals surface area contributed by atoms with E-state index in [0.29, 0.717) is 19.3 Å². The molecule has 5 aliphatic rings. The van der Waals surface area contributed by atoms with Crippen LogP contribution in [0.3, 0.4) is 0 Å². The van der Waals surface area contributed by atoms with Crippen LogP contribution in [-0.4, -0.2) is 53.9 Å². The van der Waals surface area contributed by atoms with E-state index in [1.54, 1.807) is 12.2 Å². The number of aliphatic hydroxyl groups excluding tert-OH is 1. The molecule has 1 N–H and O–H groups in total. The first kappa shape index (κ1) is 22.9. The number of ketones is 2. The third-order valence-electron chi connectivity index (χ3n) is 9.57. The zero-order chi connectivity index (χ0) is 24.0. The number of ether oxygens (including phenoxy) is 3. The van der Waals surface area contributed by atoms with E-state index in [9.17, 15) is 19.5 Å². The quantitative estimate of drug-likeness (QED) is 0.603. The van der Waals surface area contributed by atoms with Crippen LogP contribution in [0.15, 0.2) is 23.8 Å². The van der Waals surface area contributed by atoms with Crippen molar-refractivity contribution < 1.29 is 33.7 Å². The van der Waals surface area contributed by atoms with Gasteiger partial charge in [0, 0.05) is 16.7 Å². The molecule has 7 heteroatoms. The van der Waals surface area contributed by atoms with Gasteiger partial charge in [0.2, 0.25) is 0 Å². The van der Waals surface area contributed by atoms with Crippen molar-refractivity contribution in [2.75, 3.05) is 13.7 Å². The van der Waals surface area contributed by atoms with Crippen LogP contribution in [0.25, 0.3) is 0 Å². The lowest BCUT2D eigenvalue weighted by Gasteiger charge is -2.62. The molecule has 1 aliphatic heterocycles. The Morgan fingerprint density at radius 1 is 1.21 bits per heavy atom. The summed E-state index contributed by atoms with van der Waals surface area (Å²) in [5, 5.41) is 11.6. The molecule has 1 heterocycles. The SMILES string of the molecule is COC(=O)[C@H]1C[C@@H]2[C@H]([C@@H](O)C[C@@]3(C)[C@H]2CC[C@@]32OC(C)(C)OCC2=O)[C@@]2(C)C=CC(=O)C=C12. The van der Waals surface area contributed by atoms with Gasteiger partial charge in [-0.3, -0.25) is 14.4 Å². The zero-order valence-corrected chi connectivity index (χ0v) is 20.1. The normalized spacial score (nSPS) is 48.1. The first-order valence-corrected chi connectivity index (χ1v) is 12.0. The molecule has 1 saturated heterocycles. The van der Waals surface area contributed by atoms with Gasteiger partial charge in [-0.15, -0.1) is 0 Å². The fourth-order valence-corrected chi connectivity index (χ4v) is 8.26. The first-order chi connectivity index (χ1) is 15.4. The predicted octanol–water partition coefficient (Wildman–Crippen LogP) is 2.76. The van der Waals surface area contributed by atoms with E-state index in [0.717, 1.165) is 12.0 Å².